The molecule has 0 aromatic heterocycles. The summed E-state index contributed by atoms with van der Waals surface area (Å²) in [6.45, 7) is 7.63. The summed E-state index contributed by atoms with van der Waals surface area (Å²) < 4.78 is 0. The fourth-order valence-electron chi connectivity index (χ4n) is 2.00. The Kier molecular flexibility index (Phi) is 10.9. The molecule has 0 aromatic carbocycles. The van der Waals surface area contributed by atoms with E-state index < -0.39 is 6.04 Å². The zero-order chi connectivity index (χ0) is 14.7. The van der Waals surface area contributed by atoms with Crippen molar-refractivity contribution in [3.8, 4) is 0 Å². The zero-order valence-corrected chi connectivity index (χ0v) is 12.9. The summed E-state index contributed by atoms with van der Waals surface area (Å²) in [6, 6.07) is -0.422. The summed E-state index contributed by atoms with van der Waals surface area (Å²) in [7, 11) is 0. The molecule has 19 heavy (non-hydrogen) atoms. The average Bonchev–Trinajstić information content (AvgIpc) is 2.40. The first kappa shape index (κ1) is 18.4. The van der Waals surface area contributed by atoms with E-state index in [2.05, 4.69) is 6.92 Å². The van der Waals surface area contributed by atoms with Crippen molar-refractivity contribution in [3.63, 3.8) is 0 Å². The SMILES string of the molecule is CCCCCCCN(CCCO)C(=O)[C@@H](N)C(C)C. The van der Waals surface area contributed by atoms with Gasteiger partial charge in [0.2, 0.25) is 5.91 Å². The molecule has 3 N–H and O–H groups in total. The lowest BCUT2D eigenvalue weighted by Gasteiger charge is -2.27. The van der Waals surface area contributed by atoms with Gasteiger partial charge in [-0.05, 0) is 18.8 Å². The lowest BCUT2D eigenvalue weighted by molar-refractivity contribution is -0.133. The van der Waals surface area contributed by atoms with E-state index in [4.69, 9.17) is 10.8 Å². The van der Waals surface area contributed by atoms with E-state index in [1.165, 1.54) is 19.3 Å². The van der Waals surface area contributed by atoms with Crippen LogP contribution in [0.4, 0.5) is 0 Å². The van der Waals surface area contributed by atoms with Crippen LogP contribution in [0.25, 0.3) is 0 Å². The van der Waals surface area contributed by atoms with Gasteiger partial charge in [-0.1, -0.05) is 46.5 Å². The molecule has 0 bridgehead atoms. The highest BCUT2D eigenvalue weighted by Crippen LogP contribution is 2.08. The maximum Gasteiger partial charge on any atom is 0.239 e. The van der Waals surface area contributed by atoms with Gasteiger partial charge in [-0.15, -0.1) is 0 Å². The van der Waals surface area contributed by atoms with Crippen LogP contribution >= 0.6 is 0 Å². The monoisotopic (exact) mass is 272 g/mol. The Morgan fingerprint density at radius 2 is 1.68 bits per heavy atom. The first-order valence-electron chi connectivity index (χ1n) is 7.69. The van der Waals surface area contributed by atoms with Crippen molar-refractivity contribution < 1.29 is 9.90 Å². The molecule has 114 valence electrons. The van der Waals surface area contributed by atoms with Gasteiger partial charge >= 0.3 is 0 Å². The molecule has 0 rings (SSSR count). The molecule has 0 aliphatic rings. The average molecular weight is 272 g/mol. The predicted octanol–water partition coefficient (Wildman–Crippen LogP) is 2.15. The standard InChI is InChI=1S/C15H32N2O2/c1-4-5-6-7-8-10-17(11-9-12-18)15(19)14(16)13(2)3/h13-14,18H,4-12,16H2,1-3H3/t14-/m0/s1. The summed E-state index contributed by atoms with van der Waals surface area (Å²) in [6.07, 6.45) is 6.54. The smallest absolute Gasteiger partial charge is 0.239 e. The Bertz CT molecular complexity index is 232. The van der Waals surface area contributed by atoms with E-state index >= 15 is 0 Å². The molecule has 1 amide bonds. The normalized spacial score (nSPS) is 12.7. The Morgan fingerprint density at radius 1 is 1.11 bits per heavy atom. The number of nitrogens with zero attached hydrogens (tertiary/aromatic N) is 1. The molecule has 0 spiro atoms. The number of carbonyl (C=O) groups is 1. The largest absolute Gasteiger partial charge is 0.396 e. The fraction of sp³-hybridized carbons (Fsp3) is 0.933. The first-order valence-corrected chi connectivity index (χ1v) is 7.69. The second kappa shape index (κ2) is 11.2. The molecule has 0 aliphatic heterocycles. The number of aliphatic hydroxyl groups is 1. The van der Waals surface area contributed by atoms with Crippen molar-refractivity contribution in [2.75, 3.05) is 19.7 Å². The molecule has 0 heterocycles. The van der Waals surface area contributed by atoms with Crippen LogP contribution in [0.15, 0.2) is 0 Å². The van der Waals surface area contributed by atoms with Gasteiger partial charge < -0.3 is 15.7 Å². The number of unbranched alkanes of at least 4 members (excludes halogenated alkanes) is 4. The lowest BCUT2D eigenvalue weighted by atomic mass is 10.0. The van der Waals surface area contributed by atoms with Crippen LogP contribution in [-0.4, -0.2) is 41.7 Å². The van der Waals surface area contributed by atoms with E-state index in [1.54, 1.807) is 0 Å². The van der Waals surface area contributed by atoms with Crippen LogP contribution in [0.5, 0.6) is 0 Å². The maximum absolute atomic E-state index is 12.2. The third-order valence-electron chi connectivity index (χ3n) is 3.43. The second-order valence-corrected chi connectivity index (χ2v) is 5.59. The zero-order valence-electron chi connectivity index (χ0n) is 12.9. The third kappa shape index (κ3) is 8.22. The van der Waals surface area contributed by atoms with Crippen molar-refractivity contribution in [2.24, 2.45) is 11.7 Å². The van der Waals surface area contributed by atoms with Crippen LogP contribution in [0.3, 0.4) is 0 Å². The Hall–Kier alpha value is -0.610. The molecule has 0 saturated carbocycles. The van der Waals surface area contributed by atoms with Crippen molar-refractivity contribution >= 4 is 5.91 Å². The molecule has 0 saturated heterocycles. The van der Waals surface area contributed by atoms with Gasteiger partial charge in [-0.2, -0.15) is 0 Å². The summed E-state index contributed by atoms with van der Waals surface area (Å²) in [5.41, 5.74) is 5.93. The summed E-state index contributed by atoms with van der Waals surface area (Å²) in [4.78, 5) is 14.1. The van der Waals surface area contributed by atoms with Crippen LogP contribution < -0.4 is 5.73 Å². The molecule has 4 heteroatoms. The Balaban J connectivity index is 4.17. The van der Waals surface area contributed by atoms with Crippen LogP contribution in [0, 0.1) is 5.92 Å². The van der Waals surface area contributed by atoms with Crippen LogP contribution in [0.1, 0.15) is 59.3 Å². The Morgan fingerprint density at radius 3 is 2.21 bits per heavy atom. The van der Waals surface area contributed by atoms with Crippen LogP contribution in [-0.2, 0) is 4.79 Å². The lowest BCUT2D eigenvalue weighted by Crippen LogP contribution is -2.47. The minimum Gasteiger partial charge on any atom is -0.396 e. The topological polar surface area (TPSA) is 66.6 Å². The quantitative estimate of drug-likeness (QED) is 0.566. The number of hydrogen-bond acceptors (Lipinski definition) is 3. The van der Waals surface area contributed by atoms with E-state index in [0.29, 0.717) is 13.0 Å². The van der Waals surface area contributed by atoms with Gasteiger partial charge in [0.25, 0.3) is 0 Å². The molecule has 0 radical (unpaired) electrons. The van der Waals surface area contributed by atoms with E-state index in [0.717, 1.165) is 19.4 Å². The van der Waals surface area contributed by atoms with Crippen molar-refractivity contribution in [3.05, 3.63) is 0 Å². The van der Waals surface area contributed by atoms with Crippen molar-refractivity contribution in [1.29, 1.82) is 0 Å². The molecular weight excluding hydrogens is 240 g/mol. The molecule has 0 aliphatic carbocycles. The van der Waals surface area contributed by atoms with Gasteiger partial charge in [0.15, 0.2) is 0 Å². The Labute approximate surface area is 118 Å². The van der Waals surface area contributed by atoms with Gasteiger partial charge in [-0.25, -0.2) is 0 Å². The number of amides is 1. The summed E-state index contributed by atoms with van der Waals surface area (Å²) in [5, 5.41) is 8.92. The number of carbonyl (C=O) groups excluding carboxylic acids is 1. The molecule has 0 fully saturated rings. The van der Waals surface area contributed by atoms with Gasteiger partial charge in [-0.3, -0.25) is 4.79 Å². The van der Waals surface area contributed by atoms with Crippen molar-refractivity contribution in [2.45, 2.75) is 65.3 Å². The molecular formula is C15H32N2O2. The van der Waals surface area contributed by atoms with Crippen molar-refractivity contribution in [1.82, 2.24) is 4.90 Å². The minimum atomic E-state index is -0.422. The number of aliphatic hydroxyl groups excluding tert-OH is 1. The van der Waals surface area contributed by atoms with E-state index in [9.17, 15) is 4.79 Å². The highest BCUT2D eigenvalue weighted by Gasteiger charge is 2.22. The van der Waals surface area contributed by atoms with Crippen LogP contribution in [0.2, 0.25) is 0 Å². The second-order valence-electron chi connectivity index (χ2n) is 5.59. The third-order valence-corrected chi connectivity index (χ3v) is 3.43. The van der Waals surface area contributed by atoms with E-state index in [1.807, 2.05) is 18.7 Å². The highest BCUT2D eigenvalue weighted by molar-refractivity contribution is 5.81. The van der Waals surface area contributed by atoms with Gasteiger partial charge in [0.05, 0.1) is 6.04 Å². The predicted molar refractivity (Wildman–Crippen MR) is 79.9 cm³/mol. The maximum atomic E-state index is 12.2. The number of nitrogens with two attached hydrogens (primary N) is 1. The highest BCUT2D eigenvalue weighted by atomic mass is 16.3. The van der Waals surface area contributed by atoms with Gasteiger partial charge in [0.1, 0.15) is 0 Å². The molecule has 0 aromatic rings. The summed E-state index contributed by atoms with van der Waals surface area (Å²) >= 11 is 0. The molecule has 4 nitrogen and oxygen atoms in total. The van der Waals surface area contributed by atoms with E-state index in [-0.39, 0.29) is 18.4 Å². The van der Waals surface area contributed by atoms with Gasteiger partial charge in [0, 0.05) is 19.7 Å². The summed E-state index contributed by atoms with van der Waals surface area (Å²) in [5.74, 6) is 0.183. The number of rotatable bonds is 11. The molecule has 1 atom stereocenters. The molecule has 0 unspecified atom stereocenters. The minimum absolute atomic E-state index is 0.0268. The number of hydrogen-bond donors (Lipinski definition) is 2. The fourth-order valence-corrected chi connectivity index (χ4v) is 2.00. The first-order chi connectivity index (χ1) is 9.04.